The molecular formula is C49H94NO7P. The van der Waals surface area contributed by atoms with Gasteiger partial charge in [0.2, 0.25) is 0 Å². The number of hydrogen-bond acceptors (Lipinski definition) is 7. The van der Waals surface area contributed by atoms with Gasteiger partial charge in [0.1, 0.15) is 6.10 Å². The average Bonchev–Trinajstić information content (AvgIpc) is 3.21. The Kier molecular flexibility index (Phi) is 45.7. The van der Waals surface area contributed by atoms with Crippen molar-refractivity contribution in [2.45, 2.75) is 238 Å². The van der Waals surface area contributed by atoms with E-state index in [4.69, 9.17) is 24.3 Å². The van der Waals surface area contributed by atoms with Crippen molar-refractivity contribution < 1.29 is 32.8 Å². The summed E-state index contributed by atoms with van der Waals surface area (Å²) in [6.45, 7) is 4.93. The molecule has 0 rings (SSSR count). The average molecular weight is 840 g/mol. The third kappa shape index (κ3) is 45.8. The van der Waals surface area contributed by atoms with Crippen LogP contribution in [0.4, 0.5) is 0 Å². The lowest BCUT2D eigenvalue weighted by Crippen LogP contribution is -2.28. The molecule has 0 heterocycles. The Morgan fingerprint density at radius 3 is 1.36 bits per heavy atom. The fraction of sp³-hybridized carbons (Fsp3) is 0.857. The molecule has 0 fully saturated rings. The monoisotopic (exact) mass is 840 g/mol. The van der Waals surface area contributed by atoms with Gasteiger partial charge in [0, 0.05) is 19.6 Å². The molecule has 0 amide bonds. The van der Waals surface area contributed by atoms with Crippen LogP contribution in [0.25, 0.3) is 0 Å². The summed E-state index contributed by atoms with van der Waals surface area (Å²) in [5, 5.41) is 0. The Bertz CT molecular complexity index is 988. The Morgan fingerprint density at radius 1 is 0.517 bits per heavy atom. The molecule has 9 heteroatoms. The zero-order valence-corrected chi connectivity index (χ0v) is 38.9. The SMILES string of the molecule is CCCCCCC/C=C\C/C=C\CCCCCCCCCCCC(=O)OC(COCCCCCCCCCC/C=C\CCCCCCCC)COP(=O)(O)OCCN. The summed E-state index contributed by atoms with van der Waals surface area (Å²) in [7, 11) is -4.28. The molecule has 0 spiro atoms. The molecule has 0 aromatic carbocycles. The third-order valence-electron chi connectivity index (χ3n) is 10.5. The zero-order chi connectivity index (χ0) is 42.3. The first-order valence-electron chi connectivity index (χ1n) is 24.5. The van der Waals surface area contributed by atoms with E-state index in [1.165, 1.54) is 173 Å². The van der Waals surface area contributed by atoms with Crippen LogP contribution in [0.5, 0.6) is 0 Å². The number of unbranched alkanes of at least 4 members (excludes halogenated alkanes) is 28. The van der Waals surface area contributed by atoms with E-state index < -0.39 is 13.9 Å². The van der Waals surface area contributed by atoms with Crippen molar-refractivity contribution in [1.82, 2.24) is 0 Å². The van der Waals surface area contributed by atoms with Crippen LogP contribution >= 0.6 is 7.82 Å². The van der Waals surface area contributed by atoms with Gasteiger partial charge in [-0.2, -0.15) is 0 Å². The maximum Gasteiger partial charge on any atom is 0.472 e. The first-order chi connectivity index (χ1) is 28.4. The molecule has 3 N–H and O–H groups in total. The van der Waals surface area contributed by atoms with E-state index in [2.05, 4.69) is 50.3 Å². The van der Waals surface area contributed by atoms with Crippen molar-refractivity contribution >= 4 is 13.8 Å². The van der Waals surface area contributed by atoms with E-state index in [1.807, 2.05) is 0 Å². The molecule has 0 bridgehead atoms. The second kappa shape index (κ2) is 46.8. The van der Waals surface area contributed by atoms with Crippen LogP contribution in [0.15, 0.2) is 36.5 Å². The molecular weight excluding hydrogens is 746 g/mol. The Balaban J connectivity index is 3.97. The first kappa shape index (κ1) is 56.7. The highest BCUT2D eigenvalue weighted by Crippen LogP contribution is 2.43. The van der Waals surface area contributed by atoms with E-state index in [1.54, 1.807) is 0 Å². The molecule has 0 aliphatic rings. The van der Waals surface area contributed by atoms with Crippen LogP contribution in [0.1, 0.15) is 232 Å². The summed E-state index contributed by atoms with van der Waals surface area (Å²) in [5.74, 6) is -0.333. The second-order valence-electron chi connectivity index (χ2n) is 16.3. The van der Waals surface area contributed by atoms with Crippen molar-refractivity contribution in [2.24, 2.45) is 5.73 Å². The van der Waals surface area contributed by atoms with Crippen LogP contribution in [0.2, 0.25) is 0 Å². The zero-order valence-electron chi connectivity index (χ0n) is 38.0. The molecule has 0 aromatic heterocycles. The van der Waals surface area contributed by atoms with Gasteiger partial charge >= 0.3 is 13.8 Å². The minimum atomic E-state index is -4.28. The van der Waals surface area contributed by atoms with E-state index in [9.17, 15) is 14.3 Å². The highest BCUT2D eigenvalue weighted by atomic mass is 31.2. The Hall–Kier alpha value is -1.28. The summed E-state index contributed by atoms with van der Waals surface area (Å²) in [5.41, 5.74) is 5.38. The number of phosphoric ester groups is 1. The van der Waals surface area contributed by atoms with Crippen LogP contribution in [-0.2, 0) is 27.9 Å². The van der Waals surface area contributed by atoms with Gasteiger partial charge < -0.3 is 20.1 Å². The molecule has 0 aliphatic carbocycles. The summed E-state index contributed by atoms with van der Waals surface area (Å²) in [6, 6.07) is 0. The van der Waals surface area contributed by atoms with Crippen LogP contribution < -0.4 is 5.73 Å². The lowest BCUT2D eigenvalue weighted by atomic mass is 10.1. The summed E-state index contributed by atoms with van der Waals surface area (Å²) >= 11 is 0. The molecule has 0 saturated carbocycles. The molecule has 0 saturated heterocycles. The second-order valence-corrected chi connectivity index (χ2v) is 17.8. The fourth-order valence-electron chi connectivity index (χ4n) is 6.91. The van der Waals surface area contributed by atoms with Gasteiger partial charge in [-0.1, -0.05) is 192 Å². The lowest BCUT2D eigenvalue weighted by Gasteiger charge is -2.20. The molecule has 2 unspecified atom stereocenters. The minimum Gasteiger partial charge on any atom is -0.457 e. The standard InChI is InChI=1S/C49H94NO7P/c1-3-5-7-9-11-13-15-17-19-21-23-24-25-26-28-30-32-34-36-38-40-42-49(51)57-48(47-56-58(52,53)55-45-43-50)46-54-44-41-39-37-35-33-31-29-27-22-20-18-16-14-12-10-8-6-4-2/h15,17-18,20-21,23,48H,3-14,16,19,22,24-47,50H2,1-2H3,(H,52,53)/b17-15-,20-18-,23-21-. The fourth-order valence-corrected chi connectivity index (χ4v) is 7.67. The van der Waals surface area contributed by atoms with Crippen LogP contribution in [0.3, 0.4) is 0 Å². The van der Waals surface area contributed by atoms with Crippen molar-refractivity contribution in [1.29, 1.82) is 0 Å². The van der Waals surface area contributed by atoms with Crippen molar-refractivity contribution in [3.05, 3.63) is 36.5 Å². The van der Waals surface area contributed by atoms with E-state index >= 15 is 0 Å². The van der Waals surface area contributed by atoms with Crippen molar-refractivity contribution in [3.63, 3.8) is 0 Å². The summed E-state index contributed by atoms with van der Waals surface area (Å²) in [6.07, 6.45) is 54.5. The molecule has 0 radical (unpaired) electrons. The van der Waals surface area contributed by atoms with Gasteiger partial charge in [-0.25, -0.2) is 4.57 Å². The molecule has 0 aliphatic heterocycles. The maximum absolute atomic E-state index is 12.6. The van der Waals surface area contributed by atoms with Gasteiger partial charge in [-0.15, -0.1) is 0 Å². The van der Waals surface area contributed by atoms with E-state index in [0.29, 0.717) is 13.0 Å². The van der Waals surface area contributed by atoms with Gasteiger partial charge in [0.15, 0.2) is 0 Å². The van der Waals surface area contributed by atoms with Gasteiger partial charge in [0.05, 0.1) is 19.8 Å². The number of hydrogen-bond donors (Lipinski definition) is 2. The van der Waals surface area contributed by atoms with E-state index in [0.717, 1.165) is 38.5 Å². The number of esters is 1. The van der Waals surface area contributed by atoms with Crippen LogP contribution in [0, 0.1) is 0 Å². The number of nitrogens with two attached hydrogens (primary N) is 1. The molecule has 342 valence electrons. The van der Waals surface area contributed by atoms with Gasteiger partial charge in [-0.05, 0) is 70.6 Å². The number of ether oxygens (including phenoxy) is 2. The van der Waals surface area contributed by atoms with Crippen molar-refractivity contribution in [2.75, 3.05) is 33.0 Å². The number of rotatable bonds is 47. The molecule has 58 heavy (non-hydrogen) atoms. The largest absolute Gasteiger partial charge is 0.472 e. The first-order valence-corrected chi connectivity index (χ1v) is 26.0. The number of carbonyl (C=O) groups excluding carboxylic acids is 1. The summed E-state index contributed by atoms with van der Waals surface area (Å²) < 4.78 is 33.5. The van der Waals surface area contributed by atoms with Gasteiger partial charge in [0.25, 0.3) is 0 Å². The van der Waals surface area contributed by atoms with Crippen LogP contribution in [-0.4, -0.2) is 49.9 Å². The number of carbonyl (C=O) groups is 1. The highest BCUT2D eigenvalue weighted by Gasteiger charge is 2.25. The molecule has 0 aromatic rings. The van der Waals surface area contributed by atoms with E-state index in [-0.39, 0.29) is 32.3 Å². The Labute approximate surface area is 358 Å². The highest BCUT2D eigenvalue weighted by molar-refractivity contribution is 7.47. The smallest absolute Gasteiger partial charge is 0.457 e. The topological polar surface area (TPSA) is 117 Å². The maximum atomic E-state index is 12.6. The molecule has 2 atom stereocenters. The third-order valence-corrected chi connectivity index (χ3v) is 11.5. The predicted molar refractivity (Wildman–Crippen MR) is 247 cm³/mol. The normalized spacial score (nSPS) is 13.7. The predicted octanol–water partition coefficient (Wildman–Crippen LogP) is 15.0. The van der Waals surface area contributed by atoms with Crippen molar-refractivity contribution in [3.8, 4) is 0 Å². The van der Waals surface area contributed by atoms with Gasteiger partial charge in [-0.3, -0.25) is 13.8 Å². The quantitative estimate of drug-likeness (QED) is 0.0269. The molecule has 8 nitrogen and oxygen atoms in total. The summed E-state index contributed by atoms with van der Waals surface area (Å²) in [4.78, 5) is 22.6. The Morgan fingerprint density at radius 2 is 0.914 bits per heavy atom. The minimum absolute atomic E-state index is 0.0965. The number of allylic oxidation sites excluding steroid dienone is 6. The number of phosphoric acid groups is 1. The lowest BCUT2D eigenvalue weighted by molar-refractivity contribution is -0.154.